The zero-order valence-electron chi connectivity index (χ0n) is 11.1. The first-order valence-corrected chi connectivity index (χ1v) is 6.49. The maximum Gasteiger partial charge on any atom is 0.261 e. The highest BCUT2D eigenvalue weighted by atomic mass is 16.2. The standard InChI is InChI=1S/C15H16N2O2/c1-9-10(2)15(19)17(14(9)18)13-5-3-4-11-8-16-7-6-12(11)13/h3-5,16H,6-8H2,1-2H3. The van der Waals surface area contributed by atoms with Crippen molar-refractivity contribution in [3.63, 3.8) is 0 Å². The van der Waals surface area contributed by atoms with Gasteiger partial charge in [0.1, 0.15) is 0 Å². The molecule has 0 fully saturated rings. The summed E-state index contributed by atoms with van der Waals surface area (Å²) in [4.78, 5) is 25.8. The van der Waals surface area contributed by atoms with Crippen LogP contribution in [-0.2, 0) is 22.6 Å². The Morgan fingerprint density at radius 2 is 1.79 bits per heavy atom. The van der Waals surface area contributed by atoms with Crippen LogP contribution in [0, 0.1) is 0 Å². The lowest BCUT2D eigenvalue weighted by Gasteiger charge is -2.24. The second-order valence-electron chi connectivity index (χ2n) is 5.04. The van der Waals surface area contributed by atoms with E-state index in [4.69, 9.17) is 0 Å². The topological polar surface area (TPSA) is 49.4 Å². The molecule has 98 valence electrons. The van der Waals surface area contributed by atoms with E-state index in [2.05, 4.69) is 5.32 Å². The van der Waals surface area contributed by atoms with Crippen LogP contribution < -0.4 is 10.2 Å². The van der Waals surface area contributed by atoms with Crippen molar-refractivity contribution in [2.24, 2.45) is 0 Å². The Morgan fingerprint density at radius 1 is 1.11 bits per heavy atom. The second kappa shape index (κ2) is 4.31. The molecule has 0 saturated carbocycles. The molecule has 3 rings (SSSR count). The number of nitrogens with zero attached hydrogens (tertiary/aromatic N) is 1. The van der Waals surface area contributed by atoms with Gasteiger partial charge in [0.15, 0.2) is 0 Å². The third-order valence-electron chi connectivity index (χ3n) is 3.97. The third kappa shape index (κ3) is 1.71. The van der Waals surface area contributed by atoms with Crippen LogP contribution in [0.2, 0.25) is 0 Å². The molecule has 2 heterocycles. The van der Waals surface area contributed by atoms with Gasteiger partial charge in [-0.3, -0.25) is 9.59 Å². The van der Waals surface area contributed by atoms with Gasteiger partial charge in [0.2, 0.25) is 0 Å². The molecule has 4 nitrogen and oxygen atoms in total. The van der Waals surface area contributed by atoms with Gasteiger partial charge in [0, 0.05) is 17.7 Å². The van der Waals surface area contributed by atoms with E-state index in [1.807, 2.05) is 18.2 Å². The number of amides is 2. The van der Waals surface area contributed by atoms with Crippen LogP contribution in [0.1, 0.15) is 25.0 Å². The summed E-state index contributed by atoms with van der Waals surface area (Å²) in [7, 11) is 0. The molecular formula is C15H16N2O2. The Morgan fingerprint density at radius 3 is 2.47 bits per heavy atom. The van der Waals surface area contributed by atoms with Crippen molar-refractivity contribution in [2.75, 3.05) is 11.4 Å². The SMILES string of the molecule is CC1=C(C)C(=O)N(c2cccc3c2CCNC3)C1=O. The highest BCUT2D eigenvalue weighted by Crippen LogP contribution is 2.32. The Labute approximate surface area is 112 Å². The molecule has 4 heteroatoms. The molecule has 0 bridgehead atoms. The number of fused-ring (bicyclic) bond motifs is 1. The summed E-state index contributed by atoms with van der Waals surface area (Å²) in [6, 6.07) is 5.82. The van der Waals surface area contributed by atoms with Crippen molar-refractivity contribution >= 4 is 17.5 Å². The molecule has 1 N–H and O–H groups in total. The minimum atomic E-state index is -0.186. The van der Waals surface area contributed by atoms with Gasteiger partial charge >= 0.3 is 0 Å². The van der Waals surface area contributed by atoms with Gasteiger partial charge in [0.05, 0.1) is 5.69 Å². The van der Waals surface area contributed by atoms with Crippen molar-refractivity contribution < 1.29 is 9.59 Å². The van der Waals surface area contributed by atoms with E-state index in [0.717, 1.165) is 30.8 Å². The number of nitrogens with one attached hydrogen (secondary N) is 1. The van der Waals surface area contributed by atoms with E-state index < -0.39 is 0 Å². The van der Waals surface area contributed by atoms with Crippen LogP contribution in [0.3, 0.4) is 0 Å². The normalized spacial score (nSPS) is 19.2. The molecule has 1 aromatic carbocycles. The van der Waals surface area contributed by atoms with Gasteiger partial charge in [-0.25, -0.2) is 4.90 Å². The number of carbonyl (C=O) groups is 2. The molecule has 0 aromatic heterocycles. The molecule has 2 aliphatic rings. The Kier molecular flexibility index (Phi) is 2.75. The summed E-state index contributed by atoms with van der Waals surface area (Å²) >= 11 is 0. The summed E-state index contributed by atoms with van der Waals surface area (Å²) < 4.78 is 0. The predicted molar refractivity (Wildman–Crippen MR) is 72.7 cm³/mol. The molecule has 0 atom stereocenters. The number of imide groups is 1. The van der Waals surface area contributed by atoms with Gasteiger partial charge in [-0.15, -0.1) is 0 Å². The fourth-order valence-electron chi connectivity index (χ4n) is 2.69. The van der Waals surface area contributed by atoms with Crippen LogP contribution >= 0.6 is 0 Å². The molecule has 0 unspecified atom stereocenters. The Bertz CT molecular complexity index is 593. The lowest BCUT2D eigenvalue weighted by atomic mass is 9.98. The highest BCUT2D eigenvalue weighted by Gasteiger charge is 2.36. The van der Waals surface area contributed by atoms with Crippen LogP contribution in [0.4, 0.5) is 5.69 Å². The van der Waals surface area contributed by atoms with Crippen molar-refractivity contribution in [1.29, 1.82) is 0 Å². The number of rotatable bonds is 1. The number of hydrogen-bond acceptors (Lipinski definition) is 3. The molecule has 2 amide bonds. The molecule has 2 aliphatic heterocycles. The first-order valence-electron chi connectivity index (χ1n) is 6.49. The van der Waals surface area contributed by atoms with Gasteiger partial charge in [0.25, 0.3) is 11.8 Å². The van der Waals surface area contributed by atoms with Gasteiger partial charge < -0.3 is 5.32 Å². The van der Waals surface area contributed by atoms with Crippen molar-refractivity contribution in [3.05, 3.63) is 40.5 Å². The maximum absolute atomic E-state index is 12.2. The molecule has 19 heavy (non-hydrogen) atoms. The smallest absolute Gasteiger partial charge is 0.261 e. The number of carbonyl (C=O) groups excluding carboxylic acids is 2. The fourth-order valence-corrected chi connectivity index (χ4v) is 2.69. The molecule has 0 saturated heterocycles. The number of anilines is 1. The van der Waals surface area contributed by atoms with Gasteiger partial charge in [-0.2, -0.15) is 0 Å². The van der Waals surface area contributed by atoms with Crippen molar-refractivity contribution in [2.45, 2.75) is 26.8 Å². The zero-order valence-corrected chi connectivity index (χ0v) is 11.1. The van der Waals surface area contributed by atoms with E-state index in [0.29, 0.717) is 11.1 Å². The molecular weight excluding hydrogens is 240 g/mol. The fraction of sp³-hybridized carbons (Fsp3) is 0.333. The monoisotopic (exact) mass is 256 g/mol. The summed E-state index contributed by atoms with van der Waals surface area (Å²) in [5, 5.41) is 3.30. The van der Waals surface area contributed by atoms with Crippen molar-refractivity contribution in [3.8, 4) is 0 Å². The zero-order chi connectivity index (χ0) is 13.6. The van der Waals surface area contributed by atoms with Gasteiger partial charge in [-0.1, -0.05) is 12.1 Å². The second-order valence-corrected chi connectivity index (χ2v) is 5.04. The van der Waals surface area contributed by atoms with E-state index in [9.17, 15) is 9.59 Å². The Balaban J connectivity index is 2.10. The quantitative estimate of drug-likeness (QED) is 0.775. The Hall–Kier alpha value is -1.94. The van der Waals surface area contributed by atoms with E-state index in [-0.39, 0.29) is 11.8 Å². The average Bonchev–Trinajstić information content (AvgIpc) is 2.63. The van der Waals surface area contributed by atoms with Crippen LogP contribution in [0.25, 0.3) is 0 Å². The molecule has 1 aromatic rings. The predicted octanol–water partition coefficient (Wildman–Crippen LogP) is 1.54. The third-order valence-corrected chi connectivity index (χ3v) is 3.97. The lowest BCUT2D eigenvalue weighted by molar-refractivity contribution is -0.120. The van der Waals surface area contributed by atoms with Crippen LogP contribution in [0.5, 0.6) is 0 Å². The minimum absolute atomic E-state index is 0.186. The summed E-state index contributed by atoms with van der Waals surface area (Å²) in [6.07, 6.45) is 0.848. The minimum Gasteiger partial charge on any atom is -0.312 e. The number of hydrogen-bond donors (Lipinski definition) is 1. The largest absolute Gasteiger partial charge is 0.312 e. The molecule has 0 aliphatic carbocycles. The maximum atomic E-state index is 12.2. The number of benzene rings is 1. The summed E-state index contributed by atoms with van der Waals surface area (Å²) in [6.45, 7) is 5.11. The first-order chi connectivity index (χ1) is 9.11. The van der Waals surface area contributed by atoms with E-state index in [1.54, 1.807) is 13.8 Å². The van der Waals surface area contributed by atoms with Gasteiger partial charge in [-0.05, 0) is 44.0 Å². The summed E-state index contributed by atoms with van der Waals surface area (Å²) in [5.74, 6) is -0.371. The van der Waals surface area contributed by atoms with E-state index >= 15 is 0 Å². The first kappa shape index (κ1) is 12.1. The molecule has 0 spiro atoms. The average molecular weight is 256 g/mol. The lowest BCUT2D eigenvalue weighted by Crippen LogP contribution is -2.34. The summed E-state index contributed by atoms with van der Waals surface area (Å²) in [5.41, 5.74) is 4.15. The highest BCUT2D eigenvalue weighted by molar-refractivity contribution is 6.32. The van der Waals surface area contributed by atoms with E-state index in [1.165, 1.54) is 10.5 Å². The van der Waals surface area contributed by atoms with Crippen LogP contribution in [-0.4, -0.2) is 18.4 Å². The van der Waals surface area contributed by atoms with Crippen molar-refractivity contribution in [1.82, 2.24) is 5.32 Å². The van der Waals surface area contributed by atoms with Crippen LogP contribution in [0.15, 0.2) is 29.3 Å². The molecule has 0 radical (unpaired) electrons.